The van der Waals surface area contributed by atoms with E-state index in [-0.39, 0.29) is 0 Å². The average molecular weight is 153 g/mol. The highest BCUT2D eigenvalue weighted by Gasteiger charge is 2.55. The Labute approximate surface area is 69.6 Å². The number of hydrogen-bond acceptors (Lipinski definition) is 1. The first-order chi connectivity index (χ1) is 5.13. The Kier molecular flexibility index (Phi) is 1.54. The summed E-state index contributed by atoms with van der Waals surface area (Å²) >= 11 is 0. The molecule has 0 radical (unpaired) electrons. The van der Waals surface area contributed by atoms with Crippen LogP contribution in [-0.2, 0) is 0 Å². The zero-order valence-electron chi connectivity index (χ0n) is 7.85. The van der Waals surface area contributed by atoms with Crippen molar-refractivity contribution in [1.82, 2.24) is 5.32 Å². The van der Waals surface area contributed by atoms with Crippen LogP contribution in [0.3, 0.4) is 0 Å². The number of fused-ring (bicyclic) bond motifs is 1. The normalized spacial score (nSPS) is 48.0. The zero-order chi connectivity index (χ0) is 8.06. The van der Waals surface area contributed by atoms with Crippen LogP contribution in [-0.4, -0.2) is 12.6 Å². The van der Waals surface area contributed by atoms with Gasteiger partial charge in [-0.15, -0.1) is 0 Å². The van der Waals surface area contributed by atoms with E-state index in [1.54, 1.807) is 0 Å². The number of nitrogens with one attached hydrogen (secondary N) is 1. The van der Waals surface area contributed by atoms with Crippen LogP contribution in [0.1, 0.15) is 33.6 Å². The first-order valence-electron chi connectivity index (χ1n) is 4.86. The number of rotatable bonds is 2. The fourth-order valence-corrected chi connectivity index (χ4v) is 3.05. The van der Waals surface area contributed by atoms with E-state index in [1.165, 1.54) is 19.4 Å². The van der Waals surface area contributed by atoms with Gasteiger partial charge >= 0.3 is 0 Å². The second-order valence-corrected chi connectivity index (χ2v) is 5.00. The van der Waals surface area contributed by atoms with Crippen molar-refractivity contribution in [2.24, 2.45) is 17.3 Å². The van der Waals surface area contributed by atoms with E-state index < -0.39 is 0 Å². The first kappa shape index (κ1) is 7.60. The Balaban J connectivity index is 2.01. The molecule has 1 aliphatic carbocycles. The topological polar surface area (TPSA) is 12.0 Å². The Morgan fingerprint density at radius 3 is 2.64 bits per heavy atom. The molecule has 1 heteroatoms. The molecule has 1 nitrogen and oxygen atoms in total. The second kappa shape index (κ2) is 2.22. The van der Waals surface area contributed by atoms with Gasteiger partial charge in [0.1, 0.15) is 0 Å². The van der Waals surface area contributed by atoms with Gasteiger partial charge in [-0.1, -0.05) is 20.8 Å². The summed E-state index contributed by atoms with van der Waals surface area (Å²) < 4.78 is 0. The molecule has 2 heterocycles. The standard InChI is InChI=1S/C10H19N/c1-7(2)5-10(3)8-4-9(10)11-6-8/h7-9,11H,4-6H2,1-3H3/t8?,9?,10-/m0/s1. The summed E-state index contributed by atoms with van der Waals surface area (Å²) in [6, 6.07) is 0.856. The van der Waals surface area contributed by atoms with Crippen LogP contribution >= 0.6 is 0 Å². The van der Waals surface area contributed by atoms with Gasteiger partial charge in [0.2, 0.25) is 0 Å². The molecule has 11 heavy (non-hydrogen) atoms. The van der Waals surface area contributed by atoms with Crippen LogP contribution in [0, 0.1) is 17.3 Å². The summed E-state index contributed by atoms with van der Waals surface area (Å²) in [5.74, 6) is 1.86. The maximum atomic E-state index is 3.59. The lowest BCUT2D eigenvalue weighted by Crippen LogP contribution is -2.47. The quantitative estimate of drug-likeness (QED) is 0.640. The number of hydrogen-bond donors (Lipinski definition) is 1. The molecular weight excluding hydrogens is 134 g/mol. The first-order valence-corrected chi connectivity index (χ1v) is 4.86. The van der Waals surface area contributed by atoms with Gasteiger partial charge in [0.15, 0.2) is 0 Å². The van der Waals surface area contributed by atoms with E-state index in [4.69, 9.17) is 0 Å². The average Bonchev–Trinajstić information content (AvgIpc) is 2.42. The summed E-state index contributed by atoms with van der Waals surface area (Å²) in [7, 11) is 0. The monoisotopic (exact) mass is 153 g/mol. The van der Waals surface area contributed by atoms with Crippen molar-refractivity contribution in [1.29, 1.82) is 0 Å². The van der Waals surface area contributed by atoms with Crippen LogP contribution in [0.25, 0.3) is 0 Å². The van der Waals surface area contributed by atoms with Gasteiger partial charge in [0.25, 0.3) is 0 Å². The van der Waals surface area contributed by atoms with Gasteiger partial charge in [-0.05, 0) is 36.6 Å². The minimum Gasteiger partial charge on any atom is -0.313 e. The smallest absolute Gasteiger partial charge is 0.0127 e. The largest absolute Gasteiger partial charge is 0.313 e. The highest BCUT2D eigenvalue weighted by Crippen LogP contribution is 2.54. The maximum absolute atomic E-state index is 3.59. The maximum Gasteiger partial charge on any atom is 0.0127 e. The van der Waals surface area contributed by atoms with E-state index in [2.05, 4.69) is 26.1 Å². The van der Waals surface area contributed by atoms with Crippen molar-refractivity contribution in [3.05, 3.63) is 0 Å². The van der Waals surface area contributed by atoms with E-state index >= 15 is 0 Å². The fourth-order valence-electron chi connectivity index (χ4n) is 3.05. The summed E-state index contributed by atoms with van der Waals surface area (Å²) in [6.07, 6.45) is 2.86. The molecule has 3 aliphatic rings. The van der Waals surface area contributed by atoms with Gasteiger partial charge in [0.05, 0.1) is 0 Å². The van der Waals surface area contributed by atoms with Crippen LogP contribution in [0.4, 0.5) is 0 Å². The van der Waals surface area contributed by atoms with Crippen molar-refractivity contribution in [2.45, 2.75) is 39.7 Å². The molecule has 0 aromatic carbocycles. The third kappa shape index (κ3) is 0.936. The molecule has 0 amide bonds. The molecule has 3 rings (SSSR count). The van der Waals surface area contributed by atoms with E-state index in [1.807, 2.05) is 0 Å². The van der Waals surface area contributed by atoms with Crippen molar-refractivity contribution in [3.63, 3.8) is 0 Å². The third-order valence-corrected chi connectivity index (χ3v) is 3.71. The Bertz CT molecular complexity index is 148. The van der Waals surface area contributed by atoms with Gasteiger partial charge < -0.3 is 5.32 Å². The molecule has 3 atom stereocenters. The van der Waals surface area contributed by atoms with Gasteiger partial charge in [-0.25, -0.2) is 0 Å². The lowest BCUT2D eigenvalue weighted by molar-refractivity contribution is 0.0548. The van der Waals surface area contributed by atoms with Gasteiger partial charge in [-0.2, -0.15) is 0 Å². The minimum atomic E-state index is 0.661. The molecule has 0 aromatic heterocycles. The molecule has 64 valence electrons. The predicted octanol–water partition coefficient (Wildman–Crippen LogP) is 2.03. The predicted molar refractivity (Wildman–Crippen MR) is 47.5 cm³/mol. The van der Waals surface area contributed by atoms with E-state index in [9.17, 15) is 0 Å². The fraction of sp³-hybridized carbons (Fsp3) is 1.00. The van der Waals surface area contributed by atoms with Crippen molar-refractivity contribution >= 4 is 0 Å². The molecule has 2 aliphatic heterocycles. The van der Waals surface area contributed by atoms with E-state index in [0.717, 1.165) is 17.9 Å². The molecule has 0 spiro atoms. The molecule has 2 saturated heterocycles. The van der Waals surface area contributed by atoms with E-state index in [0.29, 0.717) is 5.41 Å². The minimum absolute atomic E-state index is 0.661. The summed E-state index contributed by atoms with van der Waals surface area (Å²) in [5.41, 5.74) is 0.661. The lowest BCUT2D eigenvalue weighted by atomic mass is 9.58. The molecule has 1 saturated carbocycles. The van der Waals surface area contributed by atoms with Crippen LogP contribution in [0.15, 0.2) is 0 Å². The molecular formula is C10H19N. The Morgan fingerprint density at radius 2 is 2.27 bits per heavy atom. The highest BCUT2D eigenvalue weighted by atomic mass is 15.0. The summed E-state index contributed by atoms with van der Waals surface area (Å²) in [6.45, 7) is 8.42. The summed E-state index contributed by atoms with van der Waals surface area (Å²) in [5, 5.41) is 3.59. The zero-order valence-corrected chi connectivity index (χ0v) is 7.85. The molecule has 2 unspecified atom stereocenters. The molecule has 2 bridgehead atoms. The molecule has 3 fully saturated rings. The lowest BCUT2D eigenvalue weighted by Gasteiger charge is -2.47. The van der Waals surface area contributed by atoms with Crippen LogP contribution in [0.2, 0.25) is 0 Å². The van der Waals surface area contributed by atoms with Crippen molar-refractivity contribution in [2.75, 3.05) is 6.54 Å². The van der Waals surface area contributed by atoms with Gasteiger partial charge in [-0.3, -0.25) is 0 Å². The van der Waals surface area contributed by atoms with Crippen molar-refractivity contribution < 1.29 is 0 Å². The third-order valence-electron chi connectivity index (χ3n) is 3.71. The van der Waals surface area contributed by atoms with Crippen molar-refractivity contribution in [3.8, 4) is 0 Å². The molecule has 0 aromatic rings. The van der Waals surface area contributed by atoms with Gasteiger partial charge in [0, 0.05) is 6.04 Å². The Morgan fingerprint density at radius 1 is 1.55 bits per heavy atom. The summed E-state index contributed by atoms with van der Waals surface area (Å²) in [4.78, 5) is 0. The Hall–Kier alpha value is -0.0400. The highest BCUT2D eigenvalue weighted by molar-refractivity contribution is 5.10. The SMILES string of the molecule is CC(C)C[C@@]1(C)C2CNC1C2. The van der Waals surface area contributed by atoms with Crippen LogP contribution in [0.5, 0.6) is 0 Å². The van der Waals surface area contributed by atoms with Crippen LogP contribution < -0.4 is 5.32 Å². The molecule has 1 N–H and O–H groups in total. The second-order valence-electron chi connectivity index (χ2n) is 5.00.